The summed E-state index contributed by atoms with van der Waals surface area (Å²) in [6.07, 6.45) is -2.55. The summed E-state index contributed by atoms with van der Waals surface area (Å²) in [4.78, 5) is 3.88. The summed E-state index contributed by atoms with van der Waals surface area (Å²) in [7, 11) is 0. The number of nitrogen functional groups attached to an aromatic ring is 1. The zero-order chi connectivity index (χ0) is 9.30. The second-order valence-corrected chi connectivity index (χ2v) is 3.44. The van der Waals surface area contributed by atoms with Crippen molar-refractivity contribution < 1.29 is 8.78 Å². The molecule has 1 rings (SSSR count). The molecule has 0 saturated carbocycles. The molecule has 0 aromatic carbocycles. The van der Waals surface area contributed by atoms with Gasteiger partial charge in [-0.3, -0.25) is 0 Å². The minimum atomic E-state index is -2.55. The van der Waals surface area contributed by atoms with E-state index >= 15 is 0 Å². The van der Waals surface area contributed by atoms with Crippen LogP contribution in [0.1, 0.15) is 17.7 Å². The number of nitrogens with two attached hydrogens (primary N) is 1. The number of hydrogen-bond acceptors (Lipinski definition) is 2. The molecule has 0 unspecified atom stereocenters. The standard InChI is InChI=1S/C7H7F2IN2/c1-3-6(7(8)9)4(11)2-5(10)12-3/h2,7H,1H3,(H2,11,12). The van der Waals surface area contributed by atoms with Crippen molar-refractivity contribution in [3.63, 3.8) is 0 Å². The maximum absolute atomic E-state index is 12.3. The molecule has 1 aromatic heterocycles. The Balaban J connectivity index is 3.28. The van der Waals surface area contributed by atoms with Crippen molar-refractivity contribution in [1.82, 2.24) is 4.98 Å². The number of pyridine rings is 1. The van der Waals surface area contributed by atoms with E-state index in [4.69, 9.17) is 5.73 Å². The molecule has 0 fully saturated rings. The van der Waals surface area contributed by atoms with Gasteiger partial charge in [0.05, 0.1) is 5.56 Å². The van der Waals surface area contributed by atoms with E-state index in [1.165, 1.54) is 13.0 Å². The summed E-state index contributed by atoms with van der Waals surface area (Å²) >= 11 is 1.94. The van der Waals surface area contributed by atoms with Gasteiger partial charge in [0.1, 0.15) is 3.70 Å². The molecule has 1 heterocycles. The average Bonchev–Trinajstić information content (AvgIpc) is 1.82. The van der Waals surface area contributed by atoms with Crippen LogP contribution >= 0.6 is 22.6 Å². The van der Waals surface area contributed by atoms with Gasteiger partial charge in [-0.05, 0) is 35.6 Å². The maximum atomic E-state index is 12.3. The highest BCUT2D eigenvalue weighted by atomic mass is 127. The van der Waals surface area contributed by atoms with Gasteiger partial charge in [0.25, 0.3) is 6.43 Å². The Hall–Kier alpha value is -0.460. The van der Waals surface area contributed by atoms with Crippen molar-refractivity contribution in [3.8, 4) is 0 Å². The Morgan fingerprint density at radius 1 is 1.58 bits per heavy atom. The lowest BCUT2D eigenvalue weighted by Crippen LogP contribution is -2.01. The number of anilines is 1. The van der Waals surface area contributed by atoms with Crippen molar-refractivity contribution >= 4 is 28.3 Å². The Morgan fingerprint density at radius 2 is 2.17 bits per heavy atom. The lowest BCUT2D eigenvalue weighted by Gasteiger charge is -2.07. The van der Waals surface area contributed by atoms with Crippen molar-refractivity contribution in [2.45, 2.75) is 13.3 Å². The molecule has 0 amide bonds. The van der Waals surface area contributed by atoms with Gasteiger partial charge in [-0.1, -0.05) is 0 Å². The molecule has 1 aromatic rings. The number of aromatic nitrogens is 1. The number of aryl methyl sites for hydroxylation is 1. The van der Waals surface area contributed by atoms with Gasteiger partial charge in [0.2, 0.25) is 0 Å². The molecular weight excluding hydrogens is 277 g/mol. The molecule has 5 heteroatoms. The third-order valence-corrected chi connectivity index (χ3v) is 2.02. The highest BCUT2D eigenvalue weighted by molar-refractivity contribution is 14.1. The van der Waals surface area contributed by atoms with Crippen LogP contribution in [0.25, 0.3) is 0 Å². The average molecular weight is 284 g/mol. The van der Waals surface area contributed by atoms with Gasteiger partial charge in [-0.25, -0.2) is 13.8 Å². The topological polar surface area (TPSA) is 38.9 Å². The molecule has 2 N–H and O–H groups in total. The first-order valence-electron chi connectivity index (χ1n) is 3.23. The van der Waals surface area contributed by atoms with Gasteiger partial charge in [0.15, 0.2) is 0 Å². The lowest BCUT2D eigenvalue weighted by molar-refractivity contribution is 0.151. The second kappa shape index (κ2) is 3.51. The monoisotopic (exact) mass is 284 g/mol. The third-order valence-electron chi connectivity index (χ3n) is 1.47. The Kier molecular flexibility index (Phi) is 2.81. The largest absolute Gasteiger partial charge is 0.398 e. The van der Waals surface area contributed by atoms with Crippen LogP contribution in [-0.2, 0) is 0 Å². The SMILES string of the molecule is Cc1nc(I)cc(N)c1C(F)F. The molecule has 0 atom stereocenters. The number of hydrogen-bond donors (Lipinski definition) is 1. The molecule has 0 aliphatic carbocycles. The molecule has 0 bridgehead atoms. The van der Waals surface area contributed by atoms with E-state index in [1.54, 1.807) is 0 Å². The molecular formula is C7H7F2IN2. The number of halogens is 3. The first-order valence-corrected chi connectivity index (χ1v) is 4.31. The maximum Gasteiger partial charge on any atom is 0.267 e. The summed E-state index contributed by atoms with van der Waals surface area (Å²) in [6.45, 7) is 1.53. The Labute approximate surface area is 82.3 Å². The summed E-state index contributed by atoms with van der Waals surface area (Å²) in [6, 6.07) is 1.44. The predicted molar refractivity (Wildman–Crippen MR) is 51.1 cm³/mol. The summed E-state index contributed by atoms with van der Waals surface area (Å²) in [5.41, 5.74) is 5.65. The predicted octanol–water partition coefficient (Wildman–Crippen LogP) is 2.51. The van der Waals surface area contributed by atoms with E-state index in [0.29, 0.717) is 9.39 Å². The molecule has 66 valence electrons. The lowest BCUT2D eigenvalue weighted by atomic mass is 10.2. The zero-order valence-electron chi connectivity index (χ0n) is 6.31. The normalized spacial score (nSPS) is 10.8. The molecule has 0 spiro atoms. The van der Waals surface area contributed by atoms with E-state index in [0.717, 1.165) is 0 Å². The molecule has 0 radical (unpaired) electrons. The van der Waals surface area contributed by atoms with E-state index < -0.39 is 6.43 Å². The molecule has 2 nitrogen and oxygen atoms in total. The summed E-state index contributed by atoms with van der Waals surface area (Å²) < 4.78 is 25.2. The van der Waals surface area contributed by atoms with Gasteiger partial charge < -0.3 is 5.73 Å². The number of alkyl halides is 2. The highest BCUT2D eigenvalue weighted by Gasteiger charge is 2.15. The minimum Gasteiger partial charge on any atom is -0.398 e. The summed E-state index contributed by atoms with van der Waals surface area (Å²) in [5, 5.41) is 0. The van der Waals surface area contributed by atoms with Gasteiger partial charge >= 0.3 is 0 Å². The molecule has 12 heavy (non-hydrogen) atoms. The quantitative estimate of drug-likeness (QED) is 0.635. The van der Waals surface area contributed by atoms with E-state index in [9.17, 15) is 8.78 Å². The van der Waals surface area contributed by atoms with E-state index in [1.807, 2.05) is 22.6 Å². The van der Waals surface area contributed by atoms with Crippen LogP contribution < -0.4 is 5.73 Å². The van der Waals surface area contributed by atoms with Crippen LogP contribution in [0, 0.1) is 10.6 Å². The van der Waals surface area contributed by atoms with Gasteiger partial charge in [-0.2, -0.15) is 0 Å². The van der Waals surface area contributed by atoms with Gasteiger partial charge in [-0.15, -0.1) is 0 Å². The zero-order valence-corrected chi connectivity index (χ0v) is 8.47. The molecule has 0 aliphatic rings. The second-order valence-electron chi connectivity index (χ2n) is 2.33. The smallest absolute Gasteiger partial charge is 0.267 e. The Bertz CT molecular complexity index is 278. The van der Waals surface area contributed by atoms with Crippen molar-refractivity contribution in [1.29, 1.82) is 0 Å². The fourth-order valence-corrected chi connectivity index (χ4v) is 1.65. The number of rotatable bonds is 1. The first kappa shape index (κ1) is 9.63. The Morgan fingerprint density at radius 3 is 2.58 bits per heavy atom. The van der Waals surface area contributed by atoms with Crippen LogP contribution in [-0.4, -0.2) is 4.98 Å². The first-order chi connectivity index (χ1) is 5.52. The molecule has 0 aliphatic heterocycles. The van der Waals surface area contributed by atoms with Crippen LogP contribution in [0.2, 0.25) is 0 Å². The van der Waals surface area contributed by atoms with Crippen molar-refractivity contribution in [3.05, 3.63) is 21.0 Å². The van der Waals surface area contributed by atoms with E-state index in [-0.39, 0.29) is 11.3 Å². The third kappa shape index (κ3) is 1.82. The van der Waals surface area contributed by atoms with Crippen LogP contribution in [0.4, 0.5) is 14.5 Å². The van der Waals surface area contributed by atoms with Crippen molar-refractivity contribution in [2.75, 3.05) is 5.73 Å². The number of nitrogens with zero attached hydrogens (tertiary/aromatic N) is 1. The van der Waals surface area contributed by atoms with Crippen molar-refractivity contribution in [2.24, 2.45) is 0 Å². The van der Waals surface area contributed by atoms with Gasteiger partial charge in [0, 0.05) is 11.4 Å². The minimum absolute atomic E-state index is 0.113. The summed E-state index contributed by atoms with van der Waals surface area (Å²) in [5.74, 6) is 0. The van der Waals surface area contributed by atoms with Crippen LogP contribution in [0.15, 0.2) is 6.07 Å². The fraction of sp³-hybridized carbons (Fsp3) is 0.286. The molecule has 0 saturated heterocycles. The van der Waals surface area contributed by atoms with Crippen LogP contribution in [0.5, 0.6) is 0 Å². The fourth-order valence-electron chi connectivity index (χ4n) is 0.952. The van der Waals surface area contributed by atoms with E-state index in [2.05, 4.69) is 4.98 Å². The highest BCUT2D eigenvalue weighted by Crippen LogP contribution is 2.27. The van der Waals surface area contributed by atoms with Crippen LogP contribution in [0.3, 0.4) is 0 Å².